The van der Waals surface area contributed by atoms with E-state index in [1.807, 2.05) is 28.9 Å². The average Bonchev–Trinajstić information content (AvgIpc) is 3.14. The zero-order chi connectivity index (χ0) is 21.2. The van der Waals surface area contributed by atoms with Crippen LogP contribution in [-0.2, 0) is 11.3 Å². The van der Waals surface area contributed by atoms with Crippen molar-refractivity contribution < 1.29 is 14.3 Å². The van der Waals surface area contributed by atoms with Crippen molar-refractivity contribution in [2.24, 2.45) is 0 Å². The van der Waals surface area contributed by atoms with E-state index in [2.05, 4.69) is 30.4 Å². The molecule has 0 saturated heterocycles. The van der Waals surface area contributed by atoms with Gasteiger partial charge in [0.1, 0.15) is 11.6 Å². The normalized spacial score (nSPS) is 11.9. The molecule has 6 nitrogen and oxygen atoms in total. The summed E-state index contributed by atoms with van der Waals surface area (Å²) in [7, 11) is 3.35. The summed E-state index contributed by atoms with van der Waals surface area (Å²) in [6.07, 6.45) is 6.31. The average molecular weight is 400 g/mol. The lowest BCUT2D eigenvalue weighted by atomic mass is 10.1. The molecule has 29 heavy (non-hydrogen) atoms. The molecule has 1 aromatic carbocycles. The number of carbonyl (C=O) groups excluding carboxylic acids is 1. The Labute approximate surface area is 174 Å². The van der Waals surface area contributed by atoms with Gasteiger partial charge in [0.25, 0.3) is 0 Å². The van der Waals surface area contributed by atoms with E-state index in [1.54, 1.807) is 20.4 Å². The number of hydrogen-bond donors (Lipinski definition) is 0. The first-order valence-corrected chi connectivity index (χ1v) is 10.2. The van der Waals surface area contributed by atoms with E-state index in [-0.39, 0.29) is 11.8 Å². The highest BCUT2D eigenvalue weighted by atomic mass is 16.5. The summed E-state index contributed by atoms with van der Waals surface area (Å²) in [6.45, 7) is 9.93. The molecule has 1 aromatic heterocycles. The second kappa shape index (κ2) is 11.4. The van der Waals surface area contributed by atoms with E-state index < -0.39 is 0 Å². The number of hydrogen-bond acceptors (Lipinski definition) is 5. The zero-order valence-corrected chi connectivity index (χ0v) is 18.1. The number of aromatic nitrogens is 2. The number of anilines is 1. The third kappa shape index (κ3) is 5.94. The molecule has 0 radical (unpaired) electrons. The van der Waals surface area contributed by atoms with E-state index in [0.29, 0.717) is 18.7 Å². The van der Waals surface area contributed by atoms with E-state index in [1.165, 1.54) is 6.08 Å². The van der Waals surface area contributed by atoms with Gasteiger partial charge in [0.2, 0.25) is 0 Å². The van der Waals surface area contributed by atoms with Crippen molar-refractivity contribution in [2.75, 3.05) is 32.3 Å². The highest BCUT2D eigenvalue weighted by Crippen LogP contribution is 2.26. The second-order valence-electron chi connectivity index (χ2n) is 7.16. The summed E-state index contributed by atoms with van der Waals surface area (Å²) in [5, 5.41) is 4.55. The van der Waals surface area contributed by atoms with Gasteiger partial charge in [0, 0.05) is 13.7 Å². The van der Waals surface area contributed by atoms with Crippen molar-refractivity contribution in [1.82, 2.24) is 9.78 Å². The maximum atomic E-state index is 12.6. The fourth-order valence-corrected chi connectivity index (χ4v) is 3.38. The van der Waals surface area contributed by atoms with Gasteiger partial charge >= 0.3 is 0 Å². The van der Waals surface area contributed by atoms with Gasteiger partial charge in [-0.25, -0.2) is 4.68 Å². The molecule has 2 rings (SSSR count). The fraction of sp³-hybridized carbons (Fsp3) is 0.478. The molecule has 0 aliphatic heterocycles. The van der Waals surface area contributed by atoms with Crippen LogP contribution in [0.5, 0.6) is 5.75 Å². The number of unbranched alkanes of at least 4 members (excludes halogenated alkanes) is 2. The Morgan fingerprint density at radius 1 is 1.28 bits per heavy atom. The Morgan fingerprint density at radius 3 is 2.59 bits per heavy atom. The molecule has 0 fully saturated rings. The summed E-state index contributed by atoms with van der Waals surface area (Å²) in [5.41, 5.74) is 1.66. The SMILES string of the molecule is C=CC(=O)c1cnn(Cc2ccc(OC)cc2)c1N(CCCCC)C(C)COC. The smallest absolute Gasteiger partial charge is 0.190 e. The van der Waals surface area contributed by atoms with Gasteiger partial charge in [-0.3, -0.25) is 4.79 Å². The molecule has 0 spiro atoms. The van der Waals surface area contributed by atoms with Crippen LogP contribution in [0.3, 0.4) is 0 Å². The van der Waals surface area contributed by atoms with Crippen molar-refractivity contribution in [3.05, 3.63) is 54.2 Å². The number of ketones is 1. The minimum atomic E-state index is -0.119. The summed E-state index contributed by atoms with van der Waals surface area (Å²) >= 11 is 0. The number of benzene rings is 1. The molecule has 0 bridgehead atoms. The molecular formula is C23H33N3O3. The number of methoxy groups -OCH3 is 2. The third-order valence-corrected chi connectivity index (χ3v) is 4.97. The molecule has 1 atom stereocenters. The van der Waals surface area contributed by atoms with E-state index in [9.17, 15) is 4.79 Å². The van der Waals surface area contributed by atoms with Crippen LogP contribution in [0.1, 0.15) is 49.0 Å². The van der Waals surface area contributed by atoms with Gasteiger partial charge in [0.15, 0.2) is 5.78 Å². The van der Waals surface area contributed by atoms with Crippen LogP contribution in [-0.4, -0.2) is 49.0 Å². The summed E-state index contributed by atoms with van der Waals surface area (Å²) in [4.78, 5) is 14.8. The number of carbonyl (C=O) groups is 1. The second-order valence-corrected chi connectivity index (χ2v) is 7.16. The Balaban J connectivity index is 2.43. The maximum Gasteiger partial charge on any atom is 0.190 e. The fourth-order valence-electron chi connectivity index (χ4n) is 3.38. The first-order chi connectivity index (χ1) is 14.0. The largest absolute Gasteiger partial charge is 0.497 e. The van der Waals surface area contributed by atoms with Gasteiger partial charge < -0.3 is 14.4 Å². The van der Waals surface area contributed by atoms with Gasteiger partial charge in [-0.2, -0.15) is 5.10 Å². The Bertz CT molecular complexity index is 783. The van der Waals surface area contributed by atoms with E-state index in [4.69, 9.17) is 9.47 Å². The lowest BCUT2D eigenvalue weighted by Gasteiger charge is -2.32. The summed E-state index contributed by atoms with van der Waals surface area (Å²) < 4.78 is 12.6. The zero-order valence-electron chi connectivity index (χ0n) is 18.1. The van der Waals surface area contributed by atoms with Crippen molar-refractivity contribution in [3.8, 4) is 5.75 Å². The molecule has 0 N–H and O–H groups in total. The molecule has 6 heteroatoms. The molecular weight excluding hydrogens is 366 g/mol. The quantitative estimate of drug-likeness (QED) is 0.285. The monoisotopic (exact) mass is 399 g/mol. The van der Waals surface area contributed by atoms with Crippen LogP contribution >= 0.6 is 0 Å². The number of rotatable bonds is 13. The van der Waals surface area contributed by atoms with Gasteiger partial charge in [-0.1, -0.05) is 38.5 Å². The molecule has 0 aliphatic rings. The van der Waals surface area contributed by atoms with Gasteiger partial charge in [0.05, 0.1) is 38.1 Å². The maximum absolute atomic E-state index is 12.6. The first kappa shape index (κ1) is 22.7. The molecule has 0 aliphatic carbocycles. The van der Waals surface area contributed by atoms with Crippen molar-refractivity contribution in [3.63, 3.8) is 0 Å². The molecule has 158 valence electrons. The van der Waals surface area contributed by atoms with Crippen molar-refractivity contribution >= 4 is 11.6 Å². The van der Waals surface area contributed by atoms with Crippen LogP contribution < -0.4 is 9.64 Å². The number of ether oxygens (including phenoxy) is 2. The lowest BCUT2D eigenvalue weighted by molar-refractivity contribution is 0.104. The standard InChI is InChI=1S/C23H33N3O3/c1-6-8-9-14-25(18(3)17-28-4)23-21(22(27)7-2)15-24-26(23)16-19-10-12-20(29-5)13-11-19/h7,10-13,15,18H,2,6,8-9,14,16-17H2,1,3-5H3. The Morgan fingerprint density at radius 2 is 2.00 bits per heavy atom. The van der Waals surface area contributed by atoms with Gasteiger partial charge in [-0.05, 0) is 37.1 Å². The van der Waals surface area contributed by atoms with Crippen LogP contribution in [0.25, 0.3) is 0 Å². The Kier molecular flexibility index (Phi) is 8.93. The summed E-state index contributed by atoms with van der Waals surface area (Å²) in [6, 6.07) is 8.00. The highest BCUT2D eigenvalue weighted by molar-refractivity contribution is 6.07. The molecule has 1 unspecified atom stereocenters. The minimum absolute atomic E-state index is 0.111. The topological polar surface area (TPSA) is 56.6 Å². The summed E-state index contributed by atoms with van der Waals surface area (Å²) in [5.74, 6) is 1.52. The first-order valence-electron chi connectivity index (χ1n) is 10.2. The highest BCUT2D eigenvalue weighted by Gasteiger charge is 2.25. The molecule has 0 saturated carbocycles. The van der Waals surface area contributed by atoms with Crippen LogP contribution in [0, 0.1) is 0 Å². The third-order valence-electron chi connectivity index (χ3n) is 4.97. The van der Waals surface area contributed by atoms with E-state index >= 15 is 0 Å². The lowest BCUT2D eigenvalue weighted by Crippen LogP contribution is -2.39. The Hall–Kier alpha value is -2.60. The molecule has 1 heterocycles. The van der Waals surface area contributed by atoms with Crippen molar-refractivity contribution in [1.29, 1.82) is 0 Å². The predicted octanol–water partition coefficient (Wildman–Crippen LogP) is 4.34. The van der Waals surface area contributed by atoms with Gasteiger partial charge in [-0.15, -0.1) is 0 Å². The number of allylic oxidation sites excluding steroid dienone is 1. The molecule has 0 amide bonds. The van der Waals surface area contributed by atoms with Crippen molar-refractivity contribution in [2.45, 2.75) is 45.7 Å². The minimum Gasteiger partial charge on any atom is -0.497 e. The molecule has 2 aromatic rings. The van der Waals surface area contributed by atoms with Crippen LogP contribution in [0.2, 0.25) is 0 Å². The number of nitrogens with zero attached hydrogens (tertiary/aromatic N) is 3. The van der Waals surface area contributed by atoms with Crippen LogP contribution in [0.15, 0.2) is 43.1 Å². The predicted molar refractivity (Wildman–Crippen MR) is 117 cm³/mol. The van der Waals surface area contributed by atoms with E-state index in [0.717, 1.165) is 42.9 Å². The van der Waals surface area contributed by atoms with Crippen LogP contribution in [0.4, 0.5) is 5.82 Å².